The average Bonchev–Trinajstić information content (AvgIpc) is 2.44. The third-order valence-corrected chi connectivity index (χ3v) is 2.11. The van der Waals surface area contributed by atoms with Gasteiger partial charge in [-0.25, -0.2) is 4.89 Å². The molecule has 0 fully saturated rings. The Morgan fingerprint density at radius 2 is 1.80 bits per heavy atom. The summed E-state index contributed by atoms with van der Waals surface area (Å²) in [5, 5.41) is 8.73. The highest BCUT2D eigenvalue weighted by Crippen LogP contribution is 2.29. The van der Waals surface area contributed by atoms with Gasteiger partial charge in [-0.15, -0.1) is 0 Å². The Kier molecular flexibility index (Phi) is 8.33. The maximum absolute atomic E-state index is 10.3. The van der Waals surface area contributed by atoms with Gasteiger partial charge in [0.15, 0.2) is 17.6 Å². The van der Waals surface area contributed by atoms with Crippen LogP contribution in [0.4, 0.5) is 0 Å². The van der Waals surface area contributed by atoms with E-state index in [0.29, 0.717) is 12.0 Å². The van der Waals surface area contributed by atoms with Crippen LogP contribution in [-0.2, 0) is 14.5 Å². The number of carbonyl (C=O) groups is 2. The number of para-hydroxylation sites is 2. The third kappa shape index (κ3) is 5.05. The zero-order chi connectivity index (χ0) is 15.5. The summed E-state index contributed by atoms with van der Waals surface area (Å²) in [4.78, 5) is 22.5. The fourth-order valence-electron chi connectivity index (χ4n) is 1.30. The summed E-state index contributed by atoms with van der Waals surface area (Å²) in [5.74, 6) is 0.664. The number of hydrogen-bond acceptors (Lipinski definition) is 6. The number of hydrogen-bond donors (Lipinski definition) is 1. The molecule has 1 rings (SSSR count). The van der Waals surface area contributed by atoms with Crippen LogP contribution in [0, 0.1) is 0 Å². The Morgan fingerprint density at radius 3 is 2.25 bits per heavy atom. The lowest BCUT2D eigenvalue weighted by molar-refractivity contribution is -0.263. The van der Waals surface area contributed by atoms with Crippen LogP contribution in [0.15, 0.2) is 48.8 Å². The van der Waals surface area contributed by atoms with Gasteiger partial charge in [-0.05, 0) is 24.6 Å². The molecular weight excluding hydrogens is 264 g/mol. The van der Waals surface area contributed by atoms with Crippen molar-refractivity contribution in [1.29, 1.82) is 0 Å². The molecule has 0 saturated carbocycles. The summed E-state index contributed by atoms with van der Waals surface area (Å²) in [6, 6.07) is 6.55. The smallest absolute Gasteiger partial charge is 0.298 e. The first-order chi connectivity index (χ1) is 9.60. The highest BCUT2D eigenvalue weighted by atomic mass is 17.1. The van der Waals surface area contributed by atoms with Gasteiger partial charge in [0.2, 0.25) is 0 Å². The van der Waals surface area contributed by atoms with E-state index in [0.717, 1.165) is 0 Å². The van der Waals surface area contributed by atoms with Crippen molar-refractivity contribution in [2.75, 3.05) is 0 Å². The maximum Gasteiger partial charge on any atom is 0.298 e. The normalized spacial score (nSPS) is 10.5. The van der Waals surface area contributed by atoms with Gasteiger partial charge in [0.05, 0.1) is 0 Å². The van der Waals surface area contributed by atoms with Crippen LogP contribution in [0.2, 0.25) is 0 Å². The molecule has 1 unspecified atom stereocenters. The molecule has 0 heterocycles. The van der Waals surface area contributed by atoms with Crippen molar-refractivity contribution in [2.45, 2.75) is 13.0 Å². The SMILES string of the molecule is C=C(C)C(OO)C(=C)Oc1ccccc1OC=O.C=O. The summed E-state index contributed by atoms with van der Waals surface area (Å²) in [6.45, 7) is 11.2. The van der Waals surface area contributed by atoms with Crippen molar-refractivity contribution >= 4 is 13.3 Å². The minimum Gasteiger partial charge on any atom is -0.455 e. The lowest BCUT2D eigenvalue weighted by atomic mass is 10.2. The van der Waals surface area contributed by atoms with Gasteiger partial charge < -0.3 is 14.3 Å². The van der Waals surface area contributed by atoms with Crippen LogP contribution >= 0.6 is 0 Å². The van der Waals surface area contributed by atoms with Crippen LogP contribution in [0.25, 0.3) is 0 Å². The Hall–Kier alpha value is -2.44. The van der Waals surface area contributed by atoms with Crippen molar-refractivity contribution < 1.29 is 29.2 Å². The molecule has 1 aromatic rings. The molecule has 0 radical (unpaired) electrons. The monoisotopic (exact) mass is 280 g/mol. The molecule has 0 aliphatic heterocycles. The molecule has 108 valence electrons. The molecule has 1 N–H and O–H groups in total. The summed E-state index contributed by atoms with van der Waals surface area (Å²) in [6.07, 6.45) is -0.853. The predicted octanol–water partition coefficient (Wildman–Crippen LogP) is 2.36. The van der Waals surface area contributed by atoms with E-state index in [-0.39, 0.29) is 17.3 Å². The highest BCUT2D eigenvalue weighted by Gasteiger charge is 2.18. The second-order valence-corrected chi connectivity index (χ2v) is 3.56. The lowest BCUT2D eigenvalue weighted by Crippen LogP contribution is -2.18. The molecule has 0 saturated heterocycles. The first kappa shape index (κ1) is 17.6. The number of carbonyl (C=O) groups excluding carboxylic acids is 2. The van der Waals surface area contributed by atoms with Crippen molar-refractivity contribution in [2.24, 2.45) is 0 Å². The molecule has 0 aliphatic rings. The van der Waals surface area contributed by atoms with E-state index in [1.54, 1.807) is 31.2 Å². The van der Waals surface area contributed by atoms with Crippen LogP contribution in [0.3, 0.4) is 0 Å². The summed E-state index contributed by atoms with van der Waals surface area (Å²) in [7, 11) is 0. The van der Waals surface area contributed by atoms with E-state index < -0.39 is 6.10 Å². The van der Waals surface area contributed by atoms with Crippen molar-refractivity contribution in [3.05, 3.63) is 48.8 Å². The second kappa shape index (κ2) is 9.48. The average molecular weight is 280 g/mol. The van der Waals surface area contributed by atoms with Gasteiger partial charge in [-0.3, -0.25) is 10.1 Å². The van der Waals surface area contributed by atoms with Crippen LogP contribution in [0.1, 0.15) is 6.92 Å². The Morgan fingerprint density at radius 1 is 1.25 bits per heavy atom. The van der Waals surface area contributed by atoms with Crippen molar-refractivity contribution in [3.63, 3.8) is 0 Å². The lowest BCUT2D eigenvalue weighted by Gasteiger charge is -2.17. The molecule has 0 spiro atoms. The van der Waals surface area contributed by atoms with Crippen LogP contribution < -0.4 is 9.47 Å². The predicted molar refractivity (Wildman–Crippen MR) is 72.3 cm³/mol. The summed E-state index contributed by atoms with van der Waals surface area (Å²) >= 11 is 0. The summed E-state index contributed by atoms with van der Waals surface area (Å²) in [5.41, 5.74) is 0.524. The molecule has 1 atom stereocenters. The molecular formula is C14H16O6. The van der Waals surface area contributed by atoms with Gasteiger partial charge in [0.1, 0.15) is 12.5 Å². The van der Waals surface area contributed by atoms with Crippen LogP contribution in [-0.4, -0.2) is 24.6 Å². The topological polar surface area (TPSA) is 82.1 Å². The van der Waals surface area contributed by atoms with E-state index in [1.165, 1.54) is 0 Å². The zero-order valence-corrected chi connectivity index (χ0v) is 11.1. The number of ether oxygens (including phenoxy) is 2. The standard InChI is InChI=1S/C13H14O5.CH2O/c1-9(2)13(18-15)10(3)17-12-7-5-4-6-11(12)16-8-14;1-2/h4-8,13,15H,1,3H2,2H3;1H2. The molecule has 0 aromatic heterocycles. The molecule has 6 heteroatoms. The van der Waals surface area contributed by atoms with E-state index in [2.05, 4.69) is 18.0 Å². The third-order valence-electron chi connectivity index (χ3n) is 2.11. The fourth-order valence-corrected chi connectivity index (χ4v) is 1.30. The maximum atomic E-state index is 10.3. The molecule has 0 bridgehead atoms. The minimum atomic E-state index is -0.853. The van der Waals surface area contributed by atoms with Crippen LogP contribution in [0.5, 0.6) is 11.5 Å². The first-order valence-electron chi connectivity index (χ1n) is 5.40. The van der Waals surface area contributed by atoms with Gasteiger partial charge in [-0.2, -0.15) is 0 Å². The molecule has 20 heavy (non-hydrogen) atoms. The summed E-state index contributed by atoms with van der Waals surface area (Å²) < 4.78 is 10.1. The quantitative estimate of drug-likeness (QED) is 0.271. The number of benzene rings is 1. The van der Waals surface area contributed by atoms with Gasteiger partial charge >= 0.3 is 0 Å². The largest absolute Gasteiger partial charge is 0.455 e. The highest BCUT2D eigenvalue weighted by molar-refractivity contribution is 5.51. The zero-order valence-electron chi connectivity index (χ0n) is 11.1. The Bertz CT molecular complexity index is 468. The first-order valence-corrected chi connectivity index (χ1v) is 5.40. The molecule has 1 aromatic carbocycles. The fraction of sp³-hybridized carbons (Fsp3) is 0.143. The molecule has 6 nitrogen and oxygen atoms in total. The van der Waals surface area contributed by atoms with Gasteiger partial charge in [-0.1, -0.05) is 25.3 Å². The van der Waals surface area contributed by atoms with Crippen molar-refractivity contribution in [1.82, 2.24) is 0 Å². The Labute approximate surface area is 116 Å². The molecule has 0 amide bonds. The molecule has 0 aliphatic carbocycles. The Balaban J connectivity index is 0.00000172. The number of rotatable bonds is 7. The van der Waals surface area contributed by atoms with E-state index in [4.69, 9.17) is 19.5 Å². The van der Waals surface area contributed by atoms with Crippen molar-refractivity contribution in [3.8, 4) is 11.5 Å². The van der Waals surface area contributed by atoms with Gasteiger partial charge in [0.25, 0.3) is 6.47 Å². The van der Waals surface area contributed by atoms with E-state index >= 15 is 0 Å². The van der Waals surface area contributed by atoms with E-state index in [9.17, 15) is 4.79 Å². The van der Waals surface area contributed by atoms with E-state index in [1.807, 2.05) is 6.79 Å². The minimum absolute atomic E-state index is 0.131. The second-order valence-electron chi connectivity index (χ2n) is 3.56. The van der Waals surface area contributed by atoms with Gasteiger partial charge in [0, 0.05) is 0 Å².